The topological polar surface area (TPSA) is 108 Å². The normalized spacial score (nSPS) is 14.6. The first-order chi connectivity index (χ1) is 20.8. The van der Waals surface area contributed by atoms with Crippen molar-refractivity contribution < 1.29 is 23.8 Å². The molecule has 0 spiro atoms. The van der Waals surface area contributed by atoms with Crippen molar-refractivity contribution in [2.24, 2.45) is 4.99 Å². The number of benzene rings is 3. The zero-order valence-corrected chi connectivity index (χ0v) is 25.0. The number of para-hydroxylation sites is 2. The second kappa shape index (κ2) is 12.9. The number of methoxy groups -OCH3 is 1. The molecule has 3 aromatic carbocycles. The number of amides is 1. The molecule has 0 fully saturated rings. The Morgan fingerprint density at radius 3 is 2.40 bits per heavy atom. The van der Waals surface area contributed by atoms with Gasteiger partial charge < -0.3 is 19.5 Å². The van der Waals surface area contributed by atoms with E-state index in [0.717, 1.165) is 5.56 Å². The number of nitrogens with zero attached hydrogens (tertiary/aromatic N) is 2. The van der Waals surface area contributed by atoms with Crippen molar-refractivity contribution in [1.82, 2.24) is 4.57 Å². The van der Waals surface area contributed by atoms with Gasteiger partial charge in [-0.2, -0.15) is 0 Å². The first kappa shape index (κ1) is 29.5. The highest BCUT2D eigenvalue weighted by Gasteiger charge is 2.33. The van der Waals surface area contributed by atoms with Crippen LogP contribution in [0.3, 0.4) is 0 Å². The molecule has 1 N–H and O–H groups in total. The fourth-order valence-electron chi connectivity index (χ4n) is 4.77. The molecule has 1 unspecified atom stereocenters. The number of nitrogens with one attached hydrogen (secondary N) is 1. The minimum absolute atomic E-state index is 0.272. The summed E-state index contributed by atoms with van der Waals surface area (Å²) in [5.41, 5.74) is 2.43. The average Bonchev–Trinajstić information content (AvgIpc) is 3.29. The number of allylic oxidation sites excluding steroid dienone is 1. The van der Waals surface area contributed by atoms with Crippen LogP contribution in [0.5, 0.6) is 11.5 Å². The van der Waals surface area contributed by atoms with Crippen LogP contribution in [0, 0.1) is 0 Å². The van der Waals surface area contributed by atoms with Gasteiger partial charge in [0.25, 0.3) is 11.5 Å². The number of esters is 1. The van der Waals surface area contributed by atoms with E-state index in [4.69, 9.17) is 14.2 Å². The molecule has 0 bridgehead atoms. The number of anilines is 1. The number of carbonyl (C=O) groups excluding carboxylic acids is 2. The lowest BCUT2D eigenvalue weighted by Crippen LogP contribution is -2.40. The van der Waals surface area contributed by atoms with Crippen LogP contribution in [0.1, 0.15) is 37.9 Å². The summed E-state index contributed by atoms with van der Waals surface area (Å²) in [6, 6.07) is 23.0. The predicted octanol–water partition coefficient (Wildman–Crippen LogP) is 4.21. The molecule has 1 aromatic heterocycles. The maximum atomic E-state index is 14.0. The van der Waals surface area contributed by atoms with E-state index in [2.05, 4.69) is 10.3 Å². The van der Waals surface area contributed by atoms with Crippen molar-refractivity contribution >= 4 is 35.0 Å². The van der Waals surface area contributed by atoms with Crippen LogP contribution in [-0.2, 0) is 14.3 Å². The summed E-state index contributed by atoms with van der Waals surface area (Å²) in [4.78, 5) is 45.0. The number of aromatic nitrogens is 1. The highest BCUT2D eigenvalue weighted by atomic mass is 32.1. The number of thiazole rings is 1. The minimum atomic E-state index is -0.714. The Morgan fingerprint density at radius 1 is 1.02 bits per heavy atom. The molecule has 1 aliphatic rings. The van der Waals surface area contributed by atoms with Gasteiger partial charge in [-0.1, -0.05) is 72.0 Å². The van der Waals surface area contributed by atoms with E-state index in [9.17, 15) is 14.4 Å². The molecular formula is C33H31N3O6S. The van der Waals surface area contributed by atoms with Gasteiger partial charge in [0.2, 0.25) is 0 Å². The van der Waals surface area contributed by atoms with Gasteiger partial charge >= 0.3 is 5.97 Å². The molecular weight excluding hydrogens is 566 g/mol. The zero-order valence-electron chi connectivity index (χ0n) is 24.2. The molecule has 1 atom stereocenters. The van der Waals surface area contributed by atoms with Gasteiger partial charge in [-0.05, 0) is 50.6 Å². The molecule has 0 saturated carbocycles. The smallest absolute Gasteiger partial charge is 0.338 e. The van der Waals surface area contributed by atoms with E-state index in [-0.39, 0.29) is 24.2 Å². The standard InChI is InChI=1S/C33H31N3O6S/c1-20(2)42-32(39)28-21(3)34-33-36(29(28)22-12-7-5-8-13-22)31(38)26(43-33)18-23-14-11-17-25(40-4)30(23)41-19-27(37)35-24-15-9-6-10-16-24/h5-18,20,29H,19H2,1-4H3,(H,35,37). The Hall–Kier alpha value is -4.96. The molecule has 43 heavy (non-hydrogen) atoms. The third-order valence-corrected chi connectivity index (χ3v) is 7.60. The van der Waals surface area contributed by atoms with E-state index in [0.29, 0.717) is 43.4 Å². The number of hydrogen-bond donors (Lipinski definition) is 1. The van der Waals surface area contributed by atoms with Crippen LogP contribution in [-0.4, -0.2) is 36.3 Å². The predicted molar refractivity (Wildman–Crippen MR) is 165 cm³/mol. The molecule has 10 heteroatoms. The highest BCUT2D eigenvalue weighted by Crippen LogP contribution is 2.33. The molecule has 5 rings (SSSR count). The lowest BCUT2D eigenvalue weighted by Gasteiger charge is -2.25. The second-order valence-electron chi connectivity index (χ2n) is 10.0. The van der Waals surface area contributed by atoms with Crippen molar-refractivity contribution in [3.8, 4) is 11.5 Å². The Kier molecular flexibility index (Phi) is 8.87. The van der Waals surface area contributed by atoms with Crippen LogP contribution in [0.2, 0.25) is 0 Å². The number of hydrogen-bond acceptors (Lipinski definition) is 8. The number of rotatable bonds is 9. The SMILES string of the molecule is COc1cccc(C=c2sc3n(c2=O)C(c2ccccc2)C(C(=O)OC(C)C)=C(C)N=3)c1OCC(=O)Nc1ccccc1. The first-order valence-electron chi connectivity index (χ1n) is 13.7. The number of fused-ring (bicyclic) bond motifs is 1. The molecule has 2 heterocycles. The van der Waals surface area contributed by atoms with E-state index in [1.54, 1.807) is 57.2 Å². The summed E-state index contributed by atoms with van der Waals surface area (Å²) in [5.74, 6) is -0.139. The summed E-state index contributed by atoms with van der Waals surface area (Å²) >= 11 is 1.20. The van der Waals surface area contributed by atoms with Gasteiger partial charge in [0.1, 0.15) is 0 Å². The number of carbonyl (C=O) groups is 2. The molecule has 1 amide bonds. The summed E-state index contributed by atoms with van der Waals surface area (Å²) in [6.45, 7) is 5.03. The summed E-state index contributed by atoms with van der Waals surface area (Å²) in [6.07, 6.45) is 1.35. The molecule has 0 saturated heterocycles. The van der Waals surface area contributed by atoms with Crippen molar-refractivity contribution in [2.45, 2.75) is 32.9 Å². The molecule has 4 aromatic rings. The third-order valence-electron chi connectivity index (χ3n) is 6.62. The maximum absolute atomic E-state index is 14.0. The third kappa shape index (κ3) is 6.44. The van der Waals surface area contributed by atoms with Crippen molar-refractivity contribution in [3.05, 3.63) is 121 Å². The van der Waals surface area contributed by atoms with Crippen LogP contribution in [0.15, 0.2) is 99.9 Å². The molecule has 0 aliphatic carbocycles. The first-order valence-corrected chi connectivity index (χ1v) is 14.5. The highest BCUT2D eigenvalue weighted by molar-refractivity contribution is 7.07. The number of ether oxygens (including phenoxy) is 3. The molecule has 220 valence electrons. The van der Waals surface area contributed by atoms with Gasteiger partial charge in [0.05, 0.1) is 35.1 Å². The van der Waals surface area contributed by atoms with E-state index < -0.39 is 12.0 Å². The van der Waals surface area contributed by atoms with Crippen LogP contribution in [0.4, 0.5) is 5.69 Å². The Morgan fingerprint density at radius 2 is 1.72 bits per heavy atom. The van der Waals surface area contributed by atoms with Gasteiger partial charge in [-0.15, -0.1) is 0 Å². The Bertz CT molecular complexity index is 1860. The molecule has 0 radical (unpaired) electrons. The Balaban J connectivity index is 1.56. The van der Waals surface area contributed by atoms with Gasteiger partial charge in [0.15, 0.2) is 22.9 Å². The Labute approximate surface area is 252 Å². The van der Waals surface area contributed by atoms with Crippen molar-refractivity contribution in [3.63, 3.8) is 0 Å². The average molecular weight is 598 g/mol. The van der Waals surface area contributed by atoms with Crippen molar-refractivity contribution in [1.29, 1.82) is 0 Å². The van der Waals surface area contributed by atoms with Crippen LogP contribution < -0.4 is 29.7 Å². The summed E-state index contributed by atoms with van der Waals surface area (Å²) in [7, 11) is 1.50. The lowest BCUT2D eigenvalue weighted by atomic mass is 9.96. The van der Waals surface area contributed by atoms with Crippen LogP contribution >= 0.6 is 11.3 Å². The zero-order chi connectivity index (χ0) is 30.5. The van der Waals surface area contributed by atoms with Gasteiger partial charge in [-0.25, -0.2) is 9.79 Å². The van der Waals surface area contributed by atoms with Crippen molar-refractivity contribution in [2.75, 3.05) is 19.0 Å². The maximum Gasteiger partial charge on any atom is 0.338 e. The fourth-order valence-corrected chi connectivity index (χ4v) is 5.81. The lowest BCUT2D eigenvalue weighted by molar-refractivity contribution is -0.143. The summed E-state index contributed by atoms with van der Waals surface area (Å²) < 4.78 is 18.9. The van der Waals surface area contributed by atoms with E-state index in [1.165, 1.54) is 23.0 Å². The van der Waals surface area contributed by atoms with E-state index >= 15 is 0 Å². The molecule has 9 nitrogen and oxygen atoms in total. The van der Waals surface area contributed by atoms with E-state index in [1.807, 2.05) is 48.5 Å². The van der Waals surface area contributed by atoms with Gasteiger partial charge in [-0.3, -0.25) is 14.2 Å². The quantitative estimate of drug-likeness (QED) is 0.290. The molecule has 1 aliphatic heterocycles. The summed E-state index contributed by atoms with van der Waals surface area (Å²) in [5, 5.41) is 2.79. The fraction of sp³-hybridized carbons (Fsp3) is 0.212. The monoisotopic (exact) mass is 597 g/mol. The largest absolute Gasteiger partial charge is 0.493 e. The minimum Gasteiger partial charge on any atom is -0.493 e. The van der Waals surface area contributed by atoms with Gasteiger partial charge in [0, 0.05) is 11.3 Å². The second-order valence-corrected chi connectivity index (χ2v) is 11.0. The van der Waals surface area contributed by atoms with Crippen LogP contribution in [0.25, 0.3) is 6.08 Å².